The topological polar surface area (TPSA) is 53.4 Å². The number of benzene rings is 1. The van der Waals surface area contributed by atoms with Crippen molar-refractivity contribution >= 4 is 34.8 Å². The second-order valence-electron chi connectivity index (χ2n) is 4.91. The molecule has 0 unspecified atom stereocenters. The molecule has 1 amide bonds. The first-order valence-electron chi connectivity index (χ1n) is 6.45. The third-order valence-corrected chi connectivity index (χ3v) is 4.42. The smallest absolute Gasteiger partial charge is 0.227 e. The summed E-state index contributed by atoms with van der Waals surface area (Å²) in [6, 6.07) is 6.64. The number of phenols is 1. The van der Waals surface area contributed by atoms with Crippen molar-refractivity contribution in [3.8, 4) is 5.75 Å². The molecule has 1 fully saturated rings. The lowest BCUT2D eigenvalue weighted by molar-refractivity contribution is -0.117. The zero-order valence-electron chi connectivity index (χ0n) is 11.0. The van der Waals surface area contributed by atoms with Gasteiger partial charge in [-0.3, -0.25) is 9.78 Å². The number of pyridine rings is 1. The first-order valence-corrected chi connectivity index (χ1v) is 7.20. The molecular formula is C15H12Cl2N2O2. The van der Waals surface area contributed by atoms with Crippen LogP contribution >= 0.6 is 23.2 Å². The molecule has 1 N–H and O–H groups in total. The van der Waals surface area contributed by atoms with Gasteiger partial charge in [0.15, 0.2) is 0 Å². The van der Waals surface area contributed by atoms with E-state index < -0.39 is 0 Å². The Morgan fingerprint density at radius 1 is 1.29 bits per heavy atom. The first-order chi connectivity index (χ1) is 10.1. The minimum Gasteiger partial charge on any atom is -0.508 e. The number of nitrogens with zero attached hydrogens (tertiary/aromatic N) is 2. The summed E-state index contributed by atoms with van der Waals surface area (Å²) in [5, 5.41) is 10.7. The van der Waals surface area contributed by atoms with Crippen LogP contribution in [0.5, 0.6) is 5.75 Å². The number of rotatable bonds is 2. The second-order valence-corrected chi connectivity index (χ2v) is 5.70. The van der Waals surface area contributed by atoms with Crippen molar-refractivity contribution in [2.75, 3.05) is 11.4 Å². The minimum absolute atomic E-state index is 0.0246. The molecule has 0 bridgehead atoms. The minimum atomic E-state index is -0.191. The van der Waals surface area contributed by atoms with Gasteiger partial charge in [-0.2, -0.15) is 0 Å². The molecule has 108 valence electrons. The molecule has 1 atom stereocenters. The van der Waals surface area contributed by atoms with Crippen LogP contribution in [0.25, 0.3) is 0 Å². The Hall–Kier alpha value is -1.78. The number of carbonyl (C=O) groups is 1. The highest BCUT2D eigenvalue weighted by atomic mass is 35.5. The first kappa shape index (κ1) is 14.2. The second kappa shape index (κ2) is 5.54. The van der Waals surface area contributed by atoms with Gasteiger partial charge in [0.25, 0.3) is 0 Å². The number of amides is 1. The third-order valence-electron chi connectivity index (χ3n) is 3.60. The van der Waals surface area contributed by atoms with Crippen molar-refractivity contribution in [3.63, 3.8) is 0 Å². The molecule has 0 radical (unpaired) electrons. The molecule has 4 nitrogen and oxygen atoms in total. The largest absolute Gasteiger partial charge is 0.508 e. The molecular weight excluding hydrogens is 311 g/mol. The van der Waals surface area contributed by atoms with E-state index in [1.54, 1.807) is 29.4 Å². The zero-order valence-corrected chi connectivity index (χ0v) is 12.5. The van der Waals surface area contributed by atoms with Crippen molar-refractivity contribution in [1.29, 1.82) is 0 Å². The van der Waals surface area contributed by atoms with Gasteiger partial charge < -0.3 is 10.0 Å². The molecule has 0 saturated carbocycles. The van der Waals surface area contributed by atoms with E-state index in [-0.39, 0.29) is 24.0 Å². The standard InChI is InChI=1S/C15H12Cl2N2O2/c16-11-3-4-12(20)14(15(11)17)9-6-13(21)19(8-9)10-2-1-5-18-7-10/h1-5,7,9,20H,6,8H2/t9-/m1/s1. The van der Waals surface area contributed by atoms with Gasteiger partial charge in [-0.1, -0.05) is 23.2 Å². The van der Waals surface area contributed by atoms with E-state index in [2.05, 4.69) is 4.98 Å². The maximum absolute atomic E-state index is 12.2. The molecule has 1 aromatic carbocycles. The summed E-state index contributed by atoms with van der Waals surface area (Å²) in [6.07, 6.45) is 3.57. The summed E-state index contributed by atoms with van der Waals surface area (Å²) in [5.74, 6) is -0.150. The highest BCUT2D eigenvalue weighted by molar-refractivity contribution is 6.42. The molecule has 0 aliphatic carbocycles. The fourth-order valence-corrected chi connectivity index (χ4v) is 3.09. The molecule has 3 rings (SSSR count). The number of phenolic OH excluding ortho intramolecular Hbond substituents is 1. The molecule has 1 aliphatic rings. The summed E-state index contributed by atoms with van der Waals surface area (Å²) in [6.45, 7) is 0.443. The molecule has 21 heavy (non-hydrogen) atoms. The van der Waals surface area contributed by atoms with Gasteiger partial charge in [0.1, 0.15) is 5.75 Å². The molecule has 1 aromatic heterocycles. The van der Waals surface area contributed by atoms with Crippen LogP contribution in [-0.2, 0) is 4.79 Å². The van der Waals surface area contributed by atoms with E-state index in [0.29, 0.717) is 22.2 Å². The van der Waals surface area contributed by atoms with Gasteiger partial charge in [-0.05, 0) is 24.3 Å². The van der Waals surface area contributed by atoms with Crippen LogP contribution in [0.4, 0.5) is 5.69 Å². The van der Waals surface area contributed by atoms with E-state index in [1.807, 2.05) is 6.07 Å². The number of carbonyl (C=O) groups excluding carboxylic acids is 1. The quantitative estimate of drug-likeness (QED) is 0.918. The molecule has 6 heteroatoms. The van der Waals surface area contributed by atoms with Crippen LogP contribution in [0.15, 0.2) is 36.7 Å². The lowest BCUT2D eigenvalue weighted by Gasteiger charge is -2.17. The van der Waals surface area contributed by atoms with Gasteiger partial charge in [0.05, 0.1) is 21.9 Å². The van der Waals surface area contributed by atoms with Crippen LogP contribution in [0, 0.1) is 0 Å². The Labute approximate surface area is 131 Å². The average Bonchev–Trinajstić information content (AvgIpc) is 2.86. The highest BCUT2D eigenvalue weighted by Gasteiger charge is 2.34. The summed E-state index contributed by atoms with van der Waals surface area (Å²) in [4.78, 5) is 17.9. The fraction of sp³-hybridized carbons (Fsp3) is 0.200. The number of aromatic hydroxyl groups is 1. The van der Waals surface area contributed by atoms with Crippen LogP contribution < -0.4 is 4.90 Å². The third kappa shape index (κ3) is 2.57. The Balaban J connectivity index is 1.94. The molecule has 1 aliphatic heterocycles. The van der Waals surface area contributed by atoms with Gasteiger partial charge in [0.2, 0.25) is 5.91 Å². The van der Waals surface area contributed by atoms with Crippen molar-refractivity contribution in [3.05, 3.63) is 52.3 Å². The number of hydrogen-bond donors (Lipinski definition) is 1. The van der Waals surface area contributed by atoms with Crippen molar-refractivity contribution in [1.82, 2.24) is 4.98 Å². The highest BCUT2D eigenvalue weighted by Crippen LogP contribution is 2.42. The summed E-state index contributed by atoms with van der Waals surface area (Å²) in [7, 11) is 0. The predicted molar refractivity (Wildman–Crippen MR) is 82.1 cm³/mol. The van der Waals surface area contributed by atoms with Crippen LogP contribution in [0.3, 0.4) is 0 Å². The van der Waals surface area contributed by atoms with Gasteiger partial charge in [-0.15, -0.1) is 0 Å². The van der Waals surface area contributed by atoms with Gasteiger partial charge in [-0.25, -0.2) is 0 Å². The molecule has 1 saturated heterocycles. The Bertz CT molecular complexity index is 692. The summed E-state index contributed by atoms with van der Waals surface area (Å²) < 4.78 is 0. The van der Waals surface area contributed by atoms with Crippen molar-refractivity contribution in [2.24, 2.45) is 0 Å². The van der Waals surface area contributed by atoms with Gasteiger partial charge in [0, 0.05) is 30.6 Å². The van der Waals surface area contributed by atoms with E-state index in [4.69, 9.17) is 23.2 Å². The van der Waals surface area contributed by atoms with E-state index in [9.17, 15) is 9.90 Å². The lowest BCUT2D eigenvalue weighted by atomic mass is 9.97. The van der Waals surface area contributed by atoms with Crippen molar-refractivity contribution in [2.45, 2.75) is 12.3 Å². The molecule has 2 heterocycles. The van der Waals surface area contributed by atoms with E-state index >= 15 is 0 Å². The van der Waals surface area contributed by atoms with Crippen LogP contribution in [0.1, 0.15) is 17.9 Å². The zero-order chi connectivity index (χ0) is 15.0. The van der Waals surface area contributed by atoms with Crippen LogP contribution in [-0.4, -0.2) is 22.5 Å². The SMILES string of the molecule is O=C1C[C@@H](c2c(O)ccc(Cl)c2Cl)CN1c1cccnc1. The summed E-state index contributed by atoms with van der Waals surface area (Å²) in [5.41, 5.74) is 1.27. The van der Waals surface area contributed by atoms with E-state index in [0.717, 1.165) is 5.69 Å². The maximum atomic E-state index is 12.2. The lowest BCUT2D eigenvalue weighted by Crippen LogP contribution is -2.24. The monoisotopic (exact) mass is 322 g/mol. The number of aromatic nitrogens is 1. The number of halogens is 2. The molecule has 2 aromatic rings. The normalized spacial score (nSPS) is 18.3. The number of anilines is 1. The molecule has 0 spiro atoms. The predicted octanol–water partition coefficient (Wildman–Crippen LogP) is 3.61. The van der Waals surface area contributed by atoms with Crippen molar-refractivity contribution < 1.29 is 9.90 Å². The van der Waals surface area contributed by atoms with Crippen LogP contribution in [0.2, 0.25) is 10.0 Å². The Morgan fingerprint density at radius 3 is 2.81 bits per heavy atom. The fourth-order valence-electron chi connectivity index (χ4n) is 2.61. The van der Waals surface area contributed by atoms with Gasteiger partial charge >= 0.3 is 0 Å². The number of hydrogen-bond acceptors (Lipinski definition) is 3. The Kier molecular flexibility index (Phi) is 3.74. The summed E-state index contributed by atoms with van der Waals surface area (Å²) >= 11 is 12.2. The maximum Gasteiger partial charge on any atom is 0.227 e. The Morgan fingerprint density at radius 2 is 2.10 bits per heavy atom. The van der Waals surface area contributed by atoms with E-state index in [1.165, 1.54) is 6.07 Å². The average molecular weight is 323 g/mol.